The molecule has 0 spiro atoms. The van der Waals surface area contributed by atoms with Crippen molar-refractivity contribution in [2.24, 2.45) is 0 Å². The maximum Gasteiger partial charge on any atom is 3.00 e. The normalized spacial score (nSPS) is 17.7. The molecule has 31 heteroatoms. The number of nitrogens with zero attached hydrogens (tertiary/aromatic N) is 7. The Hall–Kier alpha value is -4.54. The second-order valence-corrected chi connectivity index (χ2v) is 19.2. The van der Waals surface area contributed by atoms with E-state index in [4.69, 9.17) is 31.2 Å². The van der Waals surface area contributed by atoms with Gasteiger partial charge in [-0.15, -0.1) is 0 Å². The number of carbonyl (C=O) groups excluding carboxylic acids is 4. The van der Waals surface area contributed by atoms with Crippen molar-refractivity contribution < 1.29 is 130 Å². The van der Waals surface area contributed by atoms with Gasteiger partial charge in [0.05, 0.1) is 90.4 Å². The van der Waals surface area contributed by atoms with Gasteiger partial charge in [0.15, 0.2) is 5.11 Å². The summed E-state index contributed by atoms with van der Waals surface area (Å²) >= 11 is 5.44. The van der Waals surface area contributed by atoms with Crippen LogP contribution in [0.3, 0.4) is 0 Å². The summed E-state index contributed by atoms with van der Waals surface area (Å²) in [5.74, 6) is -8.78. The van der Waals surface area contributed by atoms with Gasteiger partial charge in [0, 0.05) is 136 Å². The Morgan fingerprint density at radius 2 is 0.938 bits per heavy atom. The van der Waals surface area contributed by atoms with E-state index in [1.54, 1.807) is 41.5 Å². The van der Waals surface area contributed by atoms with Crippen molar-refractivity contribution >= 4 is 70.7 Å². The van der Waals surface area contributed by atoms with Crippen molar-refractivity contribution in [1.29, 1.82) is 0 Å². The van der Waals surface area contributed by atoms with E-state index in [2.05, 4.69) is 16.0 Å². The molecule has 0 aliphatic carbocycles. The molecule has 2 fully saturated rings. The van der Waals surface area contributed by atoms with Crippen LogP contribution in [-0.2, 0) is 63.7 Å². The van der Waals surface area contributed by atoms with Crippen LogP contribution in [0.1, 0.15) is 18.4 Å². The largest absolute Gasteiger partial charge is 3.00 e. The Bertz CT molecular complexity index is 2050. The number of carbonyl (C=O) groups is 8. The molecule has 2 aliphatic rings. The van der Waals surface area contributed by atoms with Crippen LogP contribution < -0.4 is 31.3 Å². The van der Waals surface area contributed by atoms with E-state index in [0.29, 0.717) is 63.5 Å². The topological polar surface area (TPSA) is 382 Å². The molecule has 3 rings (SSSR count). The van der Waals surface area contributed by atoms with Crippen LogP contribution in [0.15, 0.2) is 24.3 Å². The minimum atomic E-state index is -1.36. The van der Waals surface area contributed by atoms with Gasteiger partial charge in [0.1, 0.15) is 6.04 Å². The third kappa shape index (κ3) is 33.4. The van der Waals surface area contributed by atoms with E-state index in [-0.39, 0.29) is 173 Å². The molecule has 458 valence electrons. The maximum atomic E-state index is 12.6. The quantitative estimate of drug-likeness (QED) is 0.0245. The van der Waals surface area contributed by atoms with E-state index >= 15 is 0 Å². The van der Waals surface area contributed by atoms with E-state index in [9.17, 15) is 74.1 Å². The Morgan fingerprint density at radius 3 is 1.39 bits per heavy atom. The molecule has 1 aromatic rings. The van der Waals surface area contributed by atoms with Gasteiger partial charge in [0.25, 0.3) is 0 Å². The van der Waals surface area contributed by atoms with Crippen LogP contribution in [0.4, 0.5) is 5.69 Å². The van der Waals surface area contributed by atoms with Gasteiger partial charge in [-0.2, -0.15) is 0 Å². The smallest absolute Gasteiger partial charge is 0.549 e. The predicted octanol–water partition coefficient (Wildman–Crippen LogP) is -7.06. The minimum Gasteiger partial charge on any atom is -0.549 e. The number of amides is 1. The van der Waals surface area contributed by atoms with Crippen LogP contribution in [0.25, 0.3) is 0 Å². The average molecular weight is 1320 g/mol. The number of carboxylic acid groups (broad SMARTS) is 7. The molecule has 1 amide bonds. The molecular weight excluding hydrogens is 1240 g/mol. The Morgan fingerprint density at radius 1 is 0.537 bits per heavy atom. The molecule has 0 saturated carbocycles. The van der Waals surface area contributed by atoms with Gasteiger partial charge in [-0.1, -0.05) is 12.1 Å². The van der Waals surface area contributed by atoms with Crippen LogP contribution in [0.5, 0.6) is 0 Å². The molecule has 2 heterocycles. The van der Waals surface area contributed by atoms with Crippen molar-refractivity contribution in [2.45, 2.75) is 31.3 Å². The number of nitrogens with one attached hydrogen (secondary N) is 3. The molecule has 0 bridgehead atoms. The third-order valence-corrected chi connectivity index (χ3v) is 12.9. The molecule has 0 radical (unpaired) electrons. The van der Waals surface area contributed by atoms with Gasteiger partial charge >= 0.3 is 60.8 Å². The standard InChI is InChI=1S/C49H80N10O19S.Lu/c60-41(6-5-40(48(73)74)58-18-15-54(32-43(63)64)11-12-55(16-19-58)33-44(65)66)50-7-21-75-23-25-77-27-28-78-26-24-76-22-8-51-49(79)52-38-3-1-37(2-4-38)29-39-30-57(35-46(69)70)14-13-53(31-42(61)62)9-10-56(34-45(67)68)17-20-59(39)36-47(71)72;/h1-4,39-40H,5-36H2,(H,50,60)(H,61,62)(H,63,64)(H,65,66)(H,67,68)(H,69,70)(H,71,72)(H,73,74)(H2,51,52,79);/q;+3/p-3. The molecule has 2 saturated heterocycles. The van der Waals surface area contributed by atoms with Crippen molar-refractivity contribution in [3.8, 4) is 0 Å². The van der Waals surface area contributed by atoms with Gasteiger partial charge in [0.2, 0.25) is 5.91 Å². The Kier molecular flexibility index (Phi) is 37.1. The van der Waals surface area contributed by atoms with Gasteiger partial charge in [-0.05, 0) is 42.8 Å². The molecule has 1 aromatic carbocycles. The number of thiocarbonyl (C=S) groups is 1. The molecule has 2 atom stereocenters. The molecule has 29 nitrogen and oxygen atoms in total. The maximum absolute atomic E-state index is 12.6. The number of ether oxygens (including phenoxy) is 4. The molecule has 7 N–H and O–H groups in total. The first-order chi connectivity index (χ1) is 37.8. The fourth-order valence-corrected chi connectivity index (χ4v) is 8.97. The average Bonchev–Trinajstić information content (AvgIpc) is 3.45. The van der Waals surface area contributed by atoms with E-state index < -0.39 is 80.0 Å². The van der Waals surface area contributed by atoms with Crippen molar-refractivity contribution in [2.75, 3.05) is 196 Å². The summed E-state index contributed by atoms with van der Waals surface area (Å²) in [5.41, 5.74) is 1.44. The summed E-state index contributed by atoms with van der Waals surface area (Å²) in [6, 6.07) is 5.60. The van der Waals surface area contributed by atoms with Gasteiger partial charge in [-0.3, -0.25) is 58.3 Å². The Labute approximate surface area is 499 Å². The monoisotopic (exact) mass is 1320 g/mol. The number of hydrogen-bond donors (Lipinski definition) is 7. The first-order valence-corrected chi connectivity index (χ1v) is 26.5. The summed E-state index contributed by atoms with van der Waals surface area (Å²) in [4.78, 5) is 106. The molecule has 80 heavy (non-hydrogen) atoms. The van der Waals surface area contributed by atoms with Crippen molar-refractivity contribution in [1.82, 2.24) is 44.9 Å². The second kappa shape index (κ2) is 41.5. The number of aliphatic carboxylic acids is 7. The zero-order chi connectivity index (χ0) is 58.0. The van der Waals surface area contributed by atoms with Crippen LogP contribution >= 0.6 is 12.2 Å². The fourth-order valence-electron chi connectivity index (χ4n) is 8.75. The van der Waals surface area contributed by atoms with Gasteiger partial charge in [-0.25, -0.2) is 0 Å². The van der Waals surface area contributed by atoms with Crippen LogP contribution in [-0.4, -0.2) is 310 Å². The summed E-state index contributed by atoms with van der Waals surface area (Å²) in [7, 11) is 0. The molecule has 0 aromatic heterocycles. The Balaban J connectivity index is 0.0000219. The molecule has 2 unspecified atom stereocenters. The second-order valence-electron chi connectivity index (χ2n) is 18.8. The first-order valence-electron chi connectivity index (χ1n) is 26.0. The zero-order valence-corrected chi connectivity index (χ0v) is 47.3. The number of benzene rings is 1. The van der Waals surface area contributed by atoms with Crippen molar-refractivity contribution in [3.63, 3.8) is 0 Å². The SMILES string of the molecule is O=C([O-])CN1CCN(CC(=O)[O-])CCN(CC(=O)O)C(Cc2ccc(NC(=S)NCCOCCOCCOCCOCCNC(=O)CCC(C(=O)O)N3CCN(CC(=O)O)CCN(CC(=O)O)CC3)cc2)CN(CC(=O)[O-])CC1.[Lu+3]. The summed E-state index contributed by atoms with van der Waals surface area (Å²) in [5, 5.41) is 82.4. The minimum absolute atomic E-state index is 0. The summed E-state index contributed by atoms with van der Waals surface area (Å²) < 4.78 is 22.2. The number of anilines is 1. The van der Waals surface area contributed by atoms with Crippen LogP contribution in [0.2, 0.25) is 0 Å². The van der Waals surface area contributed by atoms with Crippen LogP contribution in [0, 0.1) is 36.9 Å². The molecule has 2 aliphatic heterocycles. The summed E-state index contributed by atoms with van der Waals surface area (Å²) in [6.07, 6.45) is 0.208. The number of hydrogen-bond acceptors (Lipinski definition) is 23. The molecular formula is C49H77LuN10O19S. The summed E-state index contributed by atoms with van der Waals surface area (Å²) in [6.45, 7) is 3.05. The van der Waals surface area contributed by atoms with E-state index in [0.717, 1.165) is 5.56 Å². The van der Waals surface area contributed by atoms with E-state index in [1.807, 2.05) is 12.1 Å². The van der Waals surface area contributed by atoms with E-state index in [1.165, 1.54) is 4.90 Å². The third-order valence-electron chi connectivity index (χ3n) is 12.7. The van der Waals surface area contributed by atoms with Crippen molar-refractivity contribution in [3.05, 3.63) is 29.8 Å². The number of carboxylic acids is 7. The number of rotatable bonds is 35. The first kappa shape index (κ1) is 71.6. The van der Waals surface area contributed by atoms with Gasteiger partial charge < -0.3 is 85.0 Å². The predicted molar refractivity (Wildman–Crippen MR) is 278 cm³/mol. The fraction of sp³-hybridized carbons (Fsp3) is 0.694. The zero-order valence-electron chi connectivity index (χ0n) is 44.8.